The summed E-state index contributed by atoms with van der Waals surface area (Å²) in [4.78, 5) is 17.0. The van der Waals surface area contributed by atoms with Gasteiger partial charge in [-0.25, -0.2) is 4.98 Å². The highest BCUT2D eigenvalue weighted by molar-refractivity contribution is 5.76. The lowest BCUT2D eigenvalue weighted by atomic mass is 10.2. The lowest BCUT2D eigenvalue weighted by molar-refractivity contribution is 0.272. The lowest BCUT2D eigenvalue weighted by Crippen LogP contribution is -2.26. The maximum Gasteiger partial charge on any atom is 0.279 e. The fraction of sp³-hybridized carbons (Fsp3) is 0.615. The van der Waals surface area contributed by atoms with Gasteiger partial charge in [0.25, 0.3) is 5.56 Å². The summed E-state index contributed by atoms with van der Waals surface area (Å²) in [6.45, 7) is 6.66. The van der Waals surface area contributed by atoms with Gasteiger partial charge in [0, 0.05) is 6.54 Å². The van der Waals surface area contributed by atoms with Crippen molar-refractivity contribution >= 4 is 11.0 Å². The summed E-state index contributed by atoms with van der Waals surface area (Å²) >= 11 is 0. The normalized spacial score (nSPS) is 11.4. The lowest BCUT2D eigenvalue weighted by Gasteiger charge is -2.08. The second-order valence-corrected chi connectivity index (χ2v) is 4.55. The Kier molecular flexibility index (Phi) is 3.99. The summed E-state index contributed by atoms with van der Waals surface area (Å²) in [6.07, 6.45) is 1.79. The van der Waals surface area contributed by atoms with E-state index in [1.165, 1.54) is 4.57 Å². The molecule has 0 aliphatic heterocycles. The first-order valence-electron chi connectivity index (χ1n) is 6.71. The van der Waals surface area contributed by atoms with Crippen LogP contribution in [0.4, 0.5) is 0 Å². The van der Waals surface area contributed by atoms with Crippen LogP contribution in [0.3, 0.4) is 0 Å². The smallest absolute Gasteiger partial charge is 0.279 e. The molecule has 0 saturated carbocycles. The molecule has 0 aromatic carbocycles. The molecule has 2 aromatic heterocycles. The van der Waals surface area contributed by atoms with E-state index in [4.69, 9.17) is 5.11 Å². The Morgan fingerprint density at radius 2 is 2.05 bits per heavy atom. The average molecular weight is 264 g/mol. The molecule has 0 fully saturated rings. The van der Waals surface area contributed by atoms with Crippen LogP contribution >= 0.6 is 0 Å². The highest BCUT2D eigenvalue weighted by Crippen LogP contribution is 2.15. The van der Waals surface area contributed by atoms with Gasteiger partial charge in [-0.1, -0.05) is 13.3 Å². The Morgan fingerprint density at radius 1 is 1.32 bits per heavy atom. The van der Waals surface area contributed by atoms with E-state index < -0.39 is 0 Å². The Labute approximate surface area is 111 Å². The van der Waals surface area contributed by atoms with Crippen LogP contribution in [0, 0.1) is 6.92 Å². The predicted octanol–water partition coefficient (Wildman–Crippen LogP) is 0.866. The molecule has 0 atom stereocenters. The first kappa shape index (κ1) is 13.7. The first-order valence-corrected chi connectivity index (χ1v) is 6.71. The molecule has 0 aliphatic carbocycles. The highest BCUT2D eigenvalue weighted by Gasteiger charge is 2.17. The van der Waals surface area contributed by atoms with Crippen LogP contribution in [-0.4, -0.2) is 31.0 Å². The molecular weight excluding hydrogens is 244 g/mol. The minimum atomic E-state index is -0.117. The van der Waals surface area contributed by atoms with Crippen LogP contribution < -0.4 is 5.56 Å². The number of aromatic nitrogens is 4. The number of hydrogen-bond donors (Lipinski definition) is 1. The van der Waals surface area contributed by atoms with E-state index in [0.29, 0.717) is 23.4 Å². The number of aryl methyl sites for hydroxylation is 3. The minimum absolute atomic E-state index is 0.0734. The Hall–Kier alpha value is -1.69. The predicted molar refractivity (Wildman–Crippen MR) is 73.3 cm³/mol. The van der Waals surface area contributed by atoms with Gasteiger partial charge in [-0.05, 0) is 20.3 Å². The molecule has 0 aliphatic rings. The molecular formula is C13H20N4O2. The third kappa shape index (κ3) is 2.28. The monoisotopic (exact) mass is 264 g/mol. The highest BCUT2D eigenvalue weighted by atomic mass is 16.3. The molecule has 104 valence electrons. The molecule has 2 rings (SSSR count). The molecule has 2 aromatic rings. The van der Waals surface area contributed by atoms with Crippen molar-refractivity contribution in [2.45, 2.75) is 46.7 Å². The number of aliphatic hydroxyl groups excluding tert-OH is 1. The zero-order valence-corrected chi connectivity index (χ0v) is 11.7. The van der Waals surface area contributed by atoms with Gasteiger partial charge < -0.3 is 5.11 Å². The van der Waals surface area contributed by atoms with E-state index in [0.717, 1.165) is 18.5 Å². The van der Waals surface area contributed by atoms with Gasteiger partial charge in [0.15, 0.2) is 5.52 Å². The number of fused-ring (bicyclic) bond motifs is 1. The van der Waals surface area contributed by atoms with Crippen molar-refractivity contribution < 1.29 is 5.11 Å². The van der Waals surface area contributed by atoms with E-state index in [9.17, 15) is 4.79 Å². The maximum atomic E-state index is 12.5. The van der Waals surface area contributed by atoms with Crippen LogP contribution in [0.15, 0.2) is 4.79 Å². The molecule has 2 heterocycles. The summed E-state index contributed by atoms with van der Waals surface area (Å²) in [7, 11) is 0. The third-order valence-corrected chi connectivity index (χ3v) is 3.22. The van der Waals surface area contributed by atoms with Crippen molar-refractivity contribution in [3.8, 4) is 0 Å². The molecule has 1 N–H and O–H groups in total. The van der Waals surface area contributed by atoms with Gasteiger partial charge in [-0.2, -0.15) is 5.10 Å². The molecule has 0 saturated heterocycles. The summed E-state index contributed by atoms with van der Waals surface area (Å²) in [6, 6.07) is 0. The quantitative estimate of drug-likeness (QED) is 0.869. The summed E-state index contributed by atoms with van der Waals surface area (Å²) in [5, 5.41) is 13.5. The summed E-state index contributed by atoms with van der Waals surface area (Å²) in [5.41, 5.74) is 2.02. The summed E-state index contributed by atoms with van der Waals surface area (Å²) < 4.78 is 3.22. The summed E-state index contributed by atoms with van der Waals surface area (Å²) in [5.74, 6) is 0.625. The van der Waals surface area contributed by atoms with Gasteiger partial charge in [0.05, 0.1) is 18.8 Å². The Balaban J connectivity index is 2.77. The van der Waals surface area contributed by atoms with E-state index in [2.05, 4.69) is 17.0 Å². The molecule has 6 heteroatoms. The van der Waals surface area contributed by atoms with E-state index in [-0.39, 0.29) is 18.7 Å². The topological polar surface area (TPSA) is 72.9 Å². The van der Waals surface area contributed by atoms with Crippen molar-refractivity contribution in [1.82, 2.24) is 19.3 Å². The van der Waals surface area contributed by atoms with Gasteiger partial charge >= 0.3 is 0 Å². The molecule has 6 nitrogen and oxygen atoms in total. The SMILES string of the molecule is CCCc1nn(CC)c2c(=O)n(CCO)c(C)nc12. The van der Waals surface area contributed by atoms with Crippen molar-refractivity contribution in [1.29, 1.82) is 0 Å². The molecule has 0 radical (unpaired) electrons. The zero-order valence-electron chi connectivity index (χ0n) is 11.7. The van der Waals surface area contributed by atoms with Gasteiger partial charge in [-0.3, -0.25) is 14.0 Å². The molecule has 0 bridgehead atoms. The second-order valence-electron chi connectivity index (χ2n) is 4.55. The van der Waals surface area contributed by atoms with Crippen LogP contribution in [0.2, 0.25) is 0 Å². The maximum absolute atomic E-state index is 12.5. The van der Waals surface area contributed by atoms with Crippen molar-refractivity contribution in [3.63, 3.8) is 0 Å². The Bertz CT molecular complexity index is 642. The number of rotatable bonds is 5. The van der Waals surface area contributed by atoms with Crippen LogP contribution in [0.25, 0.3) is 11.0 Å². The molecule has 0 amide bonds. The van der Waals surface area contributed by atoms with E-state index >= 15 is 0 Å². The first-order chi connectivity index (χ1) is 9.13. The van der Waals surface area contributed by atoms with Crippen molar-refractivity contribution in [2.24, 2.45) is 0 Å². The van der Waals surface area contributed by atoms with Gasteiger partial charge in [0.1, 0.15) is 11.3 Å². The molecule has 19 heavy (non-hydrogen) atoms. The number of hydrogen-bond acceptors (Lipinski definition) is 4. The van der Waals surface area contributed by atoms with E-state index in [1.54, 1.807) is 11.6 Å². The van der Waals surface area contributed by atoms with Crippen molar-refractivity contribution in [2.75, 3.05) is 6.61 Å². The molecule has 0 spiro atoms. The standard InChI is InChI=1S/C13H20N4O2/c1-4-6-10-11-12(17(5-2)15-10)13(19)16(7-8-18)9(3)14-11/h18H,4-8H2,1-3H3. The number of nitrogens with zero attached hydrogens (tertiary/aromatic N) is 4. The molecule has 0 unspecified atom stereocenters. The fourth-order valence-electron chi connectivity index (χ4n) is 2.33. The second kappa shape index (κ2) is 5.52. The minimum Gasteiger partial charge on any atom is -0.395 e. The van der Waals surface area contributed by atoms with Crippen LogP contribution in [0.5, 0.6) is 0 Å². The largest absolute Gasteiger partial charge is 0.395 e. The number of aliphatic hydroxyl groups is 1. The fourth-order valence-corrected chi connectivity index (χ4v) is 2.33. The Morgan fingerprint density at radius 3 is 2.63 bits per heavy atom. The third-order valence-electron chi connectivity index (χ3n) is 3.22. The van der Waals surface area contributed by atoms with Crippen LogP contribution in [0.1, 0.15) is 31.8 Å². The van der Waals surface area contributed by atoms with Gasteiger partial charge in [-0.15, -0.1) is 0 Å². The average Bonchev–Trinajstić information content (AvgIpc) is 2.73. The van der Waals surface area contributed by atoms with Crippen molar-refractivity contribution in [3.05, 3.63) is 21.9 Å². The zero-order chi connectivity index (χ0) is 14.0. The van der Waals surface area contributed by atoms with Gasteiger partial charge in [0.2, 0.25) is 0 Å². The van der Waals surface area contributed by atoms with Crippen LogP contribution in [-0.2, 0) is 19.5 Å². The van der Waals surface area contributed by atoms with E-state index in [1.807, 2.05) is 6.92 Å².